The van der Waals surface area contributed by atoms with Gasteiger partial charge in [0.1, 0.15) is 0 Å². The van der Waals surface area contributed by atoms with Gasteiger partial charge < -0.3 is 4.74 Å². The van der Waals surface area contributed by atoms with Gasteiger partial charge in [-0.3, -0.25) is 0 Å². The Hall–Kier alpha value is -4.41. The molecule has 24 heteroatoms. The number of para-hydroxylation sites is 12. The van der Waals surface area contributed by atoms with E-state index in [1.807, 2.05) is 172 Å². The number of carbonyl (C=O) groups excluding carboxylic acids is 3. The van der Waals surface area contributed by atoms with Crippen LogP contribution in [0.15, 0.2) is 205 Å². The summed E-state index contributed by atoms with van der Waals surface area (Å²) < 4.78 is 90.6. The molecular formula is C64H67K3O18Si3. The summed E-state index contributed by atoms with van der Waals surface area (Å²) in [5.74, 6) is 5.95. The molecule has 0 N–H and O–H groups in total. The second kappa shape index (κ2) is 29.0. The van der Waals surface area contributed by atoms with E-state index >= 15 is 0 Å². The zero-order chi connectivity index (χ0) is 58.7. The van der Waals surface area contributed by atoms with E-state index in [4.69, 9.17) is 62.6 Å². The van der Waals surface area contributed by atoms with Gasteiger partial charge in [0.15, 0.2) is 0 Å². The molecule has 0 bridgehead atoms. The van der Waals surface area contributed by atoms with E-state index in [1.54, 1.807) is 13.0 Å². The van der Waals surface area contributed by atoms with Crippen molar-refractivity contribution >= 4 is 42.9 Å². The molecule has 6 aromatic rings. The number of esters is 3. The first kappa shape index (κ1) is 71.0. The SMILES string of the molecule is C.C=CC(=C)[Si-]12(Oc3ccccc3O1)Oc1ccccc1O2.C=CC(=O)OCC.CCOC(=O)C1CC=C([Si-]23(Oc4ccccc4O2)Oc2ccccc2O3)CC1.CCOC(=O)C1CCC=C([Si-]23(Oc4ccccc4O2)Oc2ccccc2O3)C1.[K+].[K+].[K+]. The topological polar surface area (TPSA) is 190 Å². The minimum absolute atomic E-state index is 0. The molecular weight excluding hydrogens is 1260 g/mol. The minimum atomic E-state index is -4.51. The first-order valence-electron chi connectivity index (χ1n) is 27.9. The molecule has 0 aromatic heterocycles. The number of rotatable bonds is 10. The average Bonchev–Trinajstić information content (AvgIpc) is 1.55. The van der Waals surface area contributed by atoms with E-state index in [0.29, 0.717) is 126 Å². The van der Waals surface area contributed by atoms with Crippen molar-refractivity contribution in [3.63, 3.8) is 0 Å². The van der Waals surface area contributed by atoms with Crippen LogP contribution in [0.5, 0.6) is 69.0 Å². The summed E-state index contributed by atoms with van der Waals surface area (Å²) in [4.78, 5) is 34.6. The quantitative estimate of drug-likeness (QED) is 0.0621. The molecule has 446 valence electrons. The second-order valence-corrected chi connectivity index (χ2v) is 30.1. The Morgan fingerprint density at radius 3 is 1.02 bits per heavy atom. The third-order valence-corrected chi connectivity index (χ3v) is 25.9. The minimum Gasteiger partial charge on any atom is 1.00 e. The van der Waals surface area contributed by atoms with Crippen molar-refractivity contribution in [1.82, 2.24) is 0 Å². The Morgan fingerprint density at radius 2 is 0.750 bits per heavy atom. The third-order valence-electron chi connectivity index (χ3n) is 14.8. The molecule has 0 amide bonds. The van der Waals surface area contributed by atoms with Crippen LogP contribution >= 0.6 is 0 Å². The maximum absolute atomic E-state index is 12.4. The standard InChI is InChI=1S/2C21H21O6Si.C16H13O4Si.C5H8O2.CH4.3K/c1-2-23-21(22)15-8-7-9-16(14-15)28(24-17-10-3-4-11-18(17)25-28)26-19-12-5-6-13-20(19)27-28;1-2-23-21(22)15-11-13-16(14-12-15)28(24-17-7-3-4-8-18(17)25-28)26-19-9-5-6-10-20(19)27-28;1-3-12(2)21(17-13-8-4-5-9-14(13)18-21)19-15-10-6-7-11-16(15)20-21;1-3-5(6)7-4-2;;;;/h3-6,9-13,15H,2,7-8,14H2,1H3;3-10,13,15H,2,11-12,14H2,1H3;3-11H,1-2H2;3H,1,4H2,2H3;1H4;;;/q3*-1;;;3*+1. The first-order chi connectivity index (χ1) is 40.7. The zero-order valence-corrected chi connectivity index (χ0v) is 62.0. The van der Waals surface area contributed by atoms with Crippen LogP contribution in [0, 0.1) is 11.8 Å². The van der Waals surface area contributed by atoms with E-state index in [-0.39, 0.29) is 191 Å². The van der Waals surface area contributed by atoms with Gasteiger partial charge in [0, 0.05) is 6.08 Å². The molecule has 0 saturated carbocycles. The van der Waals surface area contributed by atoms with Crippen LogP contribution < -0.4 is 207 Å². The van der Waals surface area contributed by atoms with Crippen LogP contribution in [0.4, 0.5) is 0 Å². The molecule has 88 heavy (non-hydrogen) atoms. The third kappa shape index (κ3) is 13.4. The van der Waals surface area contributed by atoms with Gasteiger partial charge in [-0.25, -0.2) is 4.79 Å². The predicted octanol–water partition coefficient (Wildman–Crippen LogP) is 4.28. The van der Waals surface area contributed by atoms with E-state index in [9.17, 15) is 14.4 Å². The molecule has 3 spiro atoms. The Kier molecular flexibility index (Phi) is 23.4. The molecule has 8 aliphatic rings. The number of fused-ring (bicyclic) bond motifs is 6. The fourth-order valence-corrected chi connectivity index (χ4v) is 22.2. The number of allylic oxidation sites excluding steroid dienone is 6. The van der Waals surface area contributed by atoms with Crippen LogP contribution in [0.3, 0.4) is 0 Å². The number of hydrogen-bond donors (Lipinski definition) is 0. The van der Waals surface area contributed by atoms with Gasteiger partial charge >= 0.3 is 608 Å². The first-order valence-corrected chi connectivity index (χ1v) is 34.3. The van der Waals surface area contributed by atoms with Crippen LogP contribution in [-0.2, 0) is 28.6 Å². The number of carbonyl (C=O) groups is 3. The molecule has 0 radical (unpaired) electrons. The Morgan fingerprint density at radius 1 is 0.443 bits per heavy atom. The number of benzene rings is 6. The van der Waals surface area contributed by atoms with Gasteiger partial charge in [0.25, 0.3) is 0 Å². The second-order valence-electron chi connectivity index (χ2n) is 20.2. The molecule has 0 saturated heterocycles. The molecule has 6 aliphatic heterocycles. The van der Waals surface area contributed by atoms with Gasteiger partial charge in [0.2, 0.25) is 0 Å². The number of ether oxygens (including phenoxy) is 3. The molecule has 6 heterocycles. The summed E-state index contributed by atoms with van der Waals surface area (Å²) in [7, 11) is -13.3. The Labute approximate surface area is 641 Å². The van der Waals surface area contributed by atoms with Crippen molar-refractivity contribution in [2.75, 3.05) is 19.8 Å². The Bertz CT molecular complexity index is 3350. The van der Waals surface area contributed by atoms with Crippen LogP contribution in [0.2, 0.25) is 0 Å². The summed E-state index contributed by atoms with van der Waals surface area (Å²) in [5, 5.41) is 2.10. The molecule has 14 rings (SSSR count). The molecule has 6 aromatic carbocycles. The van der Waals surface area contributed by atoms with Gasteiger partial charge in [-0.05, 0) is 6.92 Å². The molecule has 2 aliphatic carbocycles. The summed E-state index contributed by atoms with van der Waals surface area (Å²) >= 11 is 0. The van der Waals surface area contributed by atoms with Crippen LogP contribution in [0.25, 0.3) is 0 Å². The van der Waals surface area contributed by atoms with Crippen molar-refractivity contribution in [1.29, 1.82) is 0 Å². The summed E-state index contributed by atoms with van der Waals surface area (Å²) in [5.41, 5.74) is 0. The van der Waals surface area contributed by atoms with Crippen molar-refractivity contribution in [2.45, 2.75) is 66.7 Å². The summed E-state index contributed by atoms with van der Waals surface area (Å²) in [6, 6.07) is 44.5. The maximum atomic E-state index is 12.4. The largest absolute Gasteiger partial charge is 1.00 e. The van der Waals surface area contributed by atoms with Gasteiger partial charge in [-0.2, -0.15) is 0 Å². The summed E-state index contributed by atoms with van der Waals surface area (Å²) in [6.07, 6.45) is 10.3. The normalized spacial score (nSPS) is 20.8. The average molecular weight is 1330 g/mol. The number of hydrogen-bond acceptors (Lipinski definition) is 18. The van der Waals surface area contributed by atoms with Gasteiger partial charge in [-0.15, -0.1) is 0 Å². The van der Waals surface area contributed by atoms with Crippen molar-refractivity contribution < 1.29 is 236 Å². The van der Waals surface area contributed by atoms with Crippen molar-refractivity contribution in [3.8, 4) is 69.0 Å². The molecule has 2 atom stereocenters. The van der Waals surface area contributed by atoms with E-state index in [2.05, 4.69) is 24.5 Å². The van der Waals surface area contributed by atoms with E-state index in [0.717, 1.165) is 22.9 Å². The smallest absolute Gasteiger partial charge is 1.00 e. The summed E-state index contributed by atoms with van der Waals surface area (Å²) in [6.45, 7) is 17.5. The van der Waals surface area contributed by atoms with Crippen molar-refractivity contribution in [3.05, 3.63) is 205 Å². The fraction of sp³-hybridized carbons (Fsp3) is 0.234. The Balaban J connectivity index is 0.000000176. The molecule has 0 fully saturated rings. The molecule has 2 unspecified atom stereocenters. The fourth-order valence-electron chi connectivity index (χ4n) is 10.9. The van der Waals surface area contributed by atoms with Gasteiger partial charge in [-0.1, -0.05) is 14.0 Å². The van der Waals surface area contributed by atoms with Gasteiger partial charge in [0.05, 0.1) is 6.61 Å². The van der Waals surface area contributed by atoms with Crippen LogP contribution in [-0.4, -0.2) is 62.7 Å². The predicted molar refractivity (Wildman–Crippen MR) is 320 cm³/mol. The maximum Gasteiger partial charge on any atom is 1.00 e. The monoisotopic (exact) mass is 1320 g/mol. The molecule has 18 nitrogen and oxygen atoms in total. The van der Waals surface area contributed by atoms with E-state index < -0.39 is 25.0 Å². The van der Waals surface area contributed by atoms with Crippen LogP contribution in [0.1, 0.15) is 66.7 Å². The van der Waals surface area contributed by atoms with E-state index in [1.165, 1.54) is 0 Å². The van der Waals surface area contributed by atoms with Crippen molar-refractivity contribution in [2.24, 2.45) is 11.8 Å². The zero-order valence-electron chi connectivity index (χ0n) is 49.7.